The van der Waals surface area contributed by atoms with Gasteiger partial charge in [0, 0.05) is 5.56 Å². The molecule has 0 N–H and O–H groups in total. The lowest BCUT2D eigenvalue weighted by Gasteiger charge is -2.14. The summed E-state index contributed by atoms with van der Waals surface area (Å²) in [6.45, 7) is 4.63. The Bertz CT molecular complexity index is 362. The van der Waals surface area contributed by atoms with Crippen LogP contribution in [0.2, 0.25) is 0 Å². The average molecular weight is 261 g/mol. The van der Waals surface area contributed by atoms with Crippen LogP contribution in [0.3, 0.4) is 0 Å². The van der Waals surface area contributed by atoms with Gasteiger partial charge in [0.1, 0.15) is 6.29 Å². The highest BCUT2D eigenvalue weighted by Gasteiger charge is 2.00. The number of carbonyl (C=O) groups excluding carboxylic acids is 1. The highest BCUT2D eigenvalue weighted by atomic mass is 16.1. The lowest BCUT2D eigenvalue weighted by molar-refractivity contribution is 0.112. The van der Waals surface area contributed by atoms with Gasteiger partial charge in [-0.15, -0.1) is 0 Å². The third kappa shape index (κ3) is 6.53. The minimum Gasteiger partial charge on any atom is -0.306 e. The fourth-order valence-corrected chi connectivity index (χ4v) is 2.42. The molecule has 0 aliphatic carbocycles. The molecule has 0 aliphatic heterocycles. The van der Waals surface area contributed by atoms with Crippen LogP contribution in [0.25, 0.3) is 0 Å². The summed E-state index contributed by atoms with van der Waals surface area (Å²) in [7, 11) is 2.20. The fraction of sp³-hybridized carbons (Fsp3) is 0.588. The summed E-state index contributed by atoms with van der Waals surface area (Å²) in [5.41, 5.74) is 2.05. The SMILES string of the molecule is CCCN(C)CCCCCCc1ccccc1C=O. The van der Waals surface area contributed by atoms with E-state index < -0.39 is 0 Å². The number of benzene rings is 1. The van der Waals surface area contributed by atoms with Crippen LogP contribution in [0.15, 0.2) is 24.3 Å². The third-order valence-electron chi connectivity index (χ3n) is 3.52. The van der Waals surface area contributed by atoms with E-state index in [1.807, 2.05) is 18.2 Å². The van der Waals surface area contributed by atoms with Gasteiger partial charge in [-0.2, -0.15) is 0 Å². The predicted molar refractivity (Wildman–Crippen MR) is 81.8 cm³/mol. The second-order valence-corrected chi connectivity index (χ2v) is 5.28. The number of aldehydes is 1. The van der Waals surface area contributed by atoms with E-state index in [0.717, 1.165) is 18.3 Å². The molecule has 2 heteroatoms. The van der Waals surface area contributed by atoms with E-state index in [1.165, 1.54) is 50.8 Å². The van der Waals surface area contributed by atoms with Crippen molar-refractivity contribution in [3.63, 3.8) is 0 Å². The van der Waals surface area contributed by atoms with Crippen LogP contribution >= 0.6 is 0 Å². The molecule has 0 bridgehead atoms. The molecule has 0 radical (unpaired) electrons. The van der Waals surface area contributed by atoms with E-state index in [-0.39, 0.29) is 0 Å². The number of aryl methyl sites for hydroxylation is 1. The van der Waals surface area contributed by atoms with Crippen LogP contribution in [0.4, 0.5) is 0 Å². The molecular weight excluding hydrogens is 234 g/mol. The number of hydrogen-bond acceptors (Lipinski definition) is 2. The van der Waals surface area contributed by atoms with Gasteiger partial charge in [-0.25, -0.2) is 0 Å². The molecule has 2 nitrogen and oxygen atoms in total. The molecule has 1 aromatic rings. The van der Waals surface area contributed by atoms with Crippen LogP contribution in [0, 0.1) is 0 Å². The highest BCUT2D eigenvalue weighted by molar-refractivity contribution is 5.77. The Balaban J connectivity index is 2.12. The summed E-state index contributed by atoms with van der Waals surface area (Å²) in [4.78, 5) is 13.3. The molecule has 0 fully saturated rings. The monoisotopic (exact) mass is 261 g/mol. The molecule has 0 spiro atoms. The highest BCUT2D eigenvalue weighted by Crippen LogP contribution is 2.11. The Kier molecular flexibility index (Phi) is 8.15. The maximum Gasteiger partial charge on any atom is 0.150 e. The van der Waals surface area contributed by atoms with E-state index in [1.54, 1.807) is 0 Å². The van der Waals surface area contributed by atoms with Crippen molar-refractivity contribution in [2.45, 2.75) is 45.4 Å². The second kappa shape index (κ2) is 9.74. The van der Waals surface area contributed by atoms with Gasteiger partial charge in [-0.05, 0) is 51.4 Å². The predicted octanol–water partition coefficient (Wildman–Crippen LogP) is 3.94. The maximum atomic E-state index is 10.9. The Morgan fingerprint density at radius 1 is 1.05 bits per heavy atom. The second-order valence-electron chi connectivity index (χ2n) is 5.28. The smallest absolute Gasteiger partial charge is 0.150 e. The summed E-state index contributed by atoms with van der Waals surface area (Å²) in [5.74, 6) is 0. The van der Waals surface area contributed by atoms with Gasteiger partial charge in [0.25, 0.3) is 0 Å². The molecule has 106 valence electrons. The van der Waals surface area contributed by atoms with Crippen molar-refractivity contribution in [2.24, 2.45) is 0 Å². The molecule has 0 unspecified atom stereocenters. The number of rotatable bonds is 10. The van der Waals surface area contributed by atoms with Crippen LogP contribution in [0.1, 0.15) is 54.9 Å². The van der Waals surface area contributed by atoms with Gasteiger partial charge in [0.2, 0.25) is 0 Å². The van der Waals surface area contributed by atoms with Gasteiger partial charge in [-0.1, -0.05) is 44.0 Å². The standard InChI is InChI=1S/C17H27NO/c1-3-13-18(2)14-9-5-4-6-10-16-11-7-8-12-17(16)15-19/h7-8,11-12,15H,3-6,9-10,13-14H2,1-2H3. The first-order valence-corrected chi connectivity index (χ1v) is 7.49. The molecule has 0 saturated heterocycles. The van der Waals surface area contributed by atoms with E-state index in [2.05, 4.69) is 24.9 Å². The Labute approximate surface area is 117 Å². The van der Waals surface area contributed by atoms with Crippen LogP contribution in [0.5, 0.6) is 0 Å². The molecule has 1 aromatic carbocycles. The van der Waals surface area contributed by atoms with Crippen molar-refractivity contribution < 1.29 is 4.79 Å². The number of unbranched alkanes of at least 4 members (excludes halogenated alkanes) is 3. The quantitative estimate of drug-likeness (QED) is 0.469. The Morgan fingerprint density at radius 3 is 2.53 bits per heavy atom. The molecule has 19 heavy (non-hydrogen) atoms. The molecule has 0 saturated carbocycles. The summed E-state index contributed by atoms with van der Waals surface area (Å²) in [5, 5.41) is 0. The first kappa shape index (κ1) is 15.9. The number of hydrogen-bond donors (Lipinski definition) is 0. The van der Waals surface area contributed by atoms with Gasteiger partial charge in [0.05, 0.1) is 0 Å². The van der Waals surface area contributed by atoms with E-state index in [0.29, 0.717) is 0 Å². The van der Waals surface area contributed by atoms with E-state index in [9.17, 15) is 4.79 Å². The summed E-state index contributed by atoms with van der Waals surface area (Å²) in [6, 6.07) is 7.92. The van der Waals surface area contributed by atoms with Crippen LogP contribution in [-0.2, 0) is 6.42 Å². The van der Waals surface area contributed by atoms with Crippen LogP contribution < -0.4 is 0 Å². The number of carbonyl (C=O) groups is 1. The van der Waals surface area contributed by atoms with Gasteiger partial charge in [0.15, 0.2) is 0 Å². The first-order chi connectivity index (χ1) is 9.27. The van der Waals surface area contributed by atoms with Crippen molar-refractivity contribution in [1.29, 1.82) is 0 Å². The topological polar surface area (TPSA) is 20.3 Å². The van der Waals surface area contributed by atoms with Crippen molar-refractivity contribution in [1.82, 2.24) is 4.90 Å². The molecule has 1 rings (SSSR count). The van der Waals surface area contributed by atoms with Gasteiger partial charge in [-0.3, -0.25) is 4.79 Å². The van der Waals surface area contributed by atoms with E-state index >= 15 is 0 Å². The zero-order valence-corrected chi connectivity index (χ0v) is 12.4. The lowest BCUT2D eigenvalue weighted by atomic mass is 10.0. The largest absolute Gasteiger partial charge is 0.306 e. The fourth-order valence-electron chi connectivity index (χ4n) is 2.42. The summed E-state index contributed by atoms with van der Waals surface area (Å²) < 4.78 is 0. The molecule has 0 aromatic heterocycles. The van der Waals surface area contributed by atoms with E-state index in [4.69, 9.17) is 0 Å². The minimum absolute atomic E-state index is 0.852. The van der Waals surface area contributed by atoms with Crippen LogP contribution in [-0.4, -0.2) is 31.3 Å². The number of nitrogens with zero attached hydrogens (tertiary/aromatic N) is 1. The Morgan fingerprint density at radius 2 is 1.79 bits per heavy atom. The lowest BCUT2D eigenvalue weighted by Crippen LogP contribution is -2.20. The molecule has 0 amide bonds. The normalized spacial score (nSPS) is 10.9. The van der Waals surface area contributed by atoms with Crippen molar-refractivity contribution in [2.75, 3.05) is 20.1 Å². The maximum absolute atomic E-state index is 10.9. The van der Waals surface area contributed by atoms with Crippen molar-refractivity contribution in [3.05, 3.63) is 35.4 Å². The molecular formula is C17H27NO. The third-order valence-corrected chi connectivity index (χ3v) is 3.52. The Hall–Kier alpha value is -1.15. The zero-order valence-electron chi connectivity index (χ0n) is 12.4. The minimum atomic E-state index is 0.852. The van der Waals surface area contributed by atoms with Crippen molar-refractivity contribution >= 4 is 6.29 Å². The molecule has 0 heterocycles. The van der Waals surface area contributed by atoms with Gasteiger partial charge < -0.3 is 4.90 Å². The van der Waals surface area contributed by atoms with Gasteiger partial charge >= 0.3 is 0 Å². The average Bonchev–Trinajstić information content (AvgIpc) is 2.43. The summed E-state index contributed by atoms with van der Waals surface area (Å²) in [6.07, 6.45) is 8.24. The van der Waals surface area contributed by atoms with Crippen molar-refractivity contribution in [3.8, 4) is 0 Å². The molecule has 0 atom stereocenters. The molecule has 0 aliphatic rings. The first-order valence-electron chi connectivity index (χ1n) is 7.49. The zero-order chi connectivity index (χ0) is 13.9. The summed E-state index contributed by atoms with van der Waals surface area (Å²) >= 11 is 0.